The molecule has 68 valence electrons. The zero-order chi connectivity index (χ0) is 9.59. The fourth-order valence-corrected chi connectivity index (χ4v) is 1.50. The van der Waals surface area contributed by atoms with Gasteiger partial charge in [-0.15, -0.1) is 0 Å². The Morgan fingerprint density at radius 3 is 2.62 bits per heavy atom. The van der Waals surface area contributed by atoms with Gasteiger partial charge in [-0.1, -0.05) is 0 Å². The number of anilines is 3. The molecule has 0 saturated heterocycles. The van der Waals surface area contributed by atoms with Crippen LogP contribution in [0.15, 0.2) is 12.1 Å². The summed E-state index contributed by atoms with van der Waals surface area (Å²) >= 11 is 0. The van der Waals surface area contributed by atoms with Crippen LogP contribution in [0, 0.1) is 0 Å². The Morgan fingerprint density at radius 1 is 1.31 bits per heavy atom. The lowest BCUT2D eigenvalue weighted by Crippen LogP contribution is -2.08. The van der Waals surface area contributed by atoms with Crippen molar-refractivity contribution in [3.8, 4) is 0 Å². The molecule has 5 N–H and O–H groups in total. The van der Waals surface area contributed by atoms with E-state index in [1.807, 2.05) is 6.92 Å². The van der Waals surface area contributed by atoms with E-state index in [-0.39, 0.29) is 11.8 Å². The molecule has 0 radical (unpaired) electrons. The summed E-state index contributed by atoms with van der Waals surface area (Å²) in [5.74, 6) is -0.127. The van der Waals surface area contributed by atoms with Gasteiger partial charge >= 0.3 is 0 Å². The minimum absolute atomic E-state index is 0.000000000000000222. The third kappa shape index (κ3) is 1.02. The van der Waals surface area contributed by atoms with Crippen molar-refractivity contribution >= 4 is 23.0 Å². The standard InChI is InChI=1S/C9H11N3O/c1-4-5-2-6(10)7(11)3-8(5)12-9(4)13/h2-4H,10-11H2,1H3,(H,12,13). The highest BCUT2D eigenvalue weighted by atomic mass is 16.2. The maximum atomic E-state index is 11.3. The van der Waals surface area contributed by atoms with Gasteiger partial charge in [-0.3, -0.25) is 4.79 Å². The highest BCUT2D eigenvalue weighted by molar-refractivity contribution is 6.03. The SMILES string of the molecule is CC1C(=O)Nc2cc(N)c(N)cc21. The van der Waals surface area contributed by atoms with Gasteiger partial charge in [-0.2, -0.15) is 0 Å². The molecule has 0 saturated carbocycles. The maximum absolute atomic E-state index is 11.3. The van der Waals surface area contributed by atoms with Gasteiger partial charge in [0.25, 0.3) is 0 Å². The first-order valence-corrected chi connectivity index (χ1v) is 4.09. The number of nitrogen functional groups attached to an aromatic ring is 2. The highest BCUT2D eigenvalue weighted by Crippen LogP contribution is 2.36. The summed E-state index contributed by atoms with van der Waals surface area (Å²) in [6.45, 7) is 1.84. The lowest BCUT2D eigenvalue weighted by Gasteiger charge is -2.05. The first kappa shape index (κ1) is 7.91. The summed E-state index contributed by atoms with van der Waals surface area (Å²) in [6, 6.07) is 3.46. The van der Waals surface area contributed by atoms with Gasteiger partial charge in [0.15, 0.2) is 0 Å². The van der Waals surface area contributed by atoms with Crippen LogP contribution in [0.25, 0.3) is 0 Å². The number of amides is 1. The predicted molar refractivity (Wildman–Crippen MR) is 52.3 cm³/mol. The number of nitrogens with one attached hydrogen (secondary N) is 1. The minimum atomic E-state index is -0.127. The van der Waals surface area contributed by atoms with Crippen LogP contribution < -0.4 is 16.8 Å². The van der Waals surface area contributed by atoms with E-state index in [0.717, 1.165) is 11.3 Å². The van der Waals surface area contributed by atoms with Crippen molar-refractivity contribution in [3.05, 3.63) is 17.7 Å². The number of fused-ring (bicyclic) bond motifs is 1. The summed E-state index contributed by atoms with van der Waals surface area (Å²) < 4.78 is 0. The molecule has 4 nitrogen and oxygen atoms in total. The molecule has 0 spiro atoms. The summed E-state index contributed by atoms with van der Waals surface area (Å²) in [7, 11) is 0. The summed E-state index contributed by atoms with van der Waals surface area (Å²) in [6.07, 6.45) is 0. The van der Waals surface area contributed by atoms with Crippen LogP contribution in [-0.2, 0) is 4.79 Å². The van der Waals surface area contributed by atoms with Crippen LogP contribution in [0.3, 0.4) is 0 Å². The number of carbonyl (C=O) groups is 1. The van der Waals surface area contributed by atoms with Crippen LogP contribution in [0.4, 0.5) is 17.1 Å². The second kappa shape index (κ2) is 2.39. The predicted octanol–water partition coefficient (Wildman–Crippen LogP) is 0.907. The van der Waals surface area contributed by atoms with Gasteiger partial charge in [0.2, 0.25) is 5.91 Å². The fourth-order valence-electron chi connectivity index (χ4n) is 1.50. The van der Waals surface area contributed by atoms with E-state index in [2.05, 4.69) is 5.32 Å². The van der Waals surface area contributed by atoms with Crippen LogP contribution in [0.5, 0.6) is 0 Å². The van der Waals surface area contributed by atoms with Crippen molar-refractivity contribution in [1.29, 1.82) is 0 Å². The Bertz CT molecular complexity index is 387. The van der Waals surface area contributed by atoms with Crippen molar-refractivity contribution in [2.75, 3.05) is 16.8 Å². The van der Waals surface area contributed by atoms with E-state index in [9.17, 15) is 4.79 Å². The summed E-state index contributed by atoms with van der Waals surface area (Å²) in [5.41, 5.74) is 14.0. The molecule has 1 aromatic rings. The largest absolute Gasteiger partial charge is 0.397 e. The average Bonchev–Trinajstić information content (AvgIpc) is 2.32. The number of benzene rings is 1. The molecule has 1 atom stereocenters. The van der Waals surface area contributed by atoms with Crippen molar-refractivity contribution < 1.29 is 4.79 Å². The van der Waals surface area contributed by atoms with Crippen molar-refractivity contribution in [3.63, 3.8) is 0 Å². The second-order valence-electron chi connectivity index (χ2n) is 3.28. The van der Waals surface area contributed by atoms with Crippen LogP contribution >= 0.6 is 0 Å². The van der Waals surface area contributed by atoms with Gasteiger partial charge < -0.3 is 16.8 Å². The smallest absolute Gasteiger partial charge is 0.231 e. The third-order valence-electron chi connectivity index (χ3n) is 2.37. The number of hydrogen-bond acceptors (Lipinski definition) is 3. The Morgan fingerprint density at radius 2 is 1.92 bits per heavy atom. The Hall–Kier alpha value is -1.71. The average molecular weight is 177 g/mol. The molecule has 0 aromatic heterocycles. The van der Waals surface area contributed by atoms with E-state index in [1.54, 1.807) is 12.1 Å². The number of hydrogen-bond donors (Lipinski definition) is 3. The molecule has 13 heavy (non-hydrogen) atoms. The zero-order valence-corrected chi connectivity index (χ0v) is 7.29. The van der Waals surface area contributed by atoms with E-state index in [4.69, 9.17) is 11.5 Å². The van der Waals surface area contributed by atoms with Crippen LogP contribution in [0.2, 0.25) is 0 Å². The molecule has 0 bridgehead atoms. The molecule has 1 aliphatic rings. The van der Waals surface area contributed by atoms with E-state index in [1.165, 1.54) is 0 Å². The molecule has 1 aromatic carbocycles. The first-order chi connectivity index (χ1) is 6.09. The lowest BCUT2D eigenvalue weighted by atomic mass is 10.0. The number of carbonyl (C=O) groups excluding carboxylic acids is 1. The molecule has 0 fully saturated rings. The van der Waals surface area contributed by atoms with Crippen molar-refractivity contribution in [2.24, 2.45) is 0 Å². The summed E-state index contributed by atoms with van der Waals surface area (Å²) in [4.78, 5) is 11.3. The highest BCUT2D eigenvalue weighted by Gasteiger charge is 2.26. The Balaban J connectivity index is 2.59. The number of rotatable bonds is 0. The Labute approximate surface area is 75.9 Å². The Kier molecular flexibility index (Phi) is 1.45. The minimum Gasteiger partial charge on any atom is -0.397 e. The third-order valence-corrected chi connectivity index (χ3v) is 2.37. The van der Waals surface area contributed by atoms with E-state index in [0.29, 0.717) is 11.4 Å². The van der Waals surface area contributed by atoms with Gasteiger partial charge in [-0.05, 0) is 24.6 Å². The summed E-state index contributed by atoms with van der Waals surface area (Å²) in [5, 5.41) is 2.74. The quantitative estimate of drug-likeness (QED) is 0.515. The first-order valence-electron chi connectivity index (χ1n) is 4.09. The molecule has 0 aliphatic carbocycles. The molecule has 1 aliphatic heterocycles. The molecular formula is C9H11N3O. The van der Waals surface area contributed by atoms with Crippen molar-refractivity contribution in [1.82, 2.24) is 0 Å². The molecule has 1 heterocycles. The van der Waals surface area contributed by atoms with Gasteiger partial charge in [0.05, 0.1) is 17.3 Å². The lowest BCUT2D eigenvalue weighted by molar-refractivity contribution is -0.116. The van der Waals surface area contributed by atoms with E-state index < -0.39 is 0 Å². The fraction of sp³-hybridized carbons (Fsp3) is 0.222. The molecular weight excluding hydrogens is 166 g/mol. The molecule has 2 rings (SSSR count). The van der Waals surface area contributed by atoms with Gasteiger partial charge in [0, 0.05) is 5.69 Å². The maximum Gasteiger partial charge on any atom is 0.231 e. The molecule has 1 amide bonds. The van der Waals surface area contributed by atoms with Crippen molar-refractivity contribution in [2.45, 2.75) is 12.8 Å². The normalized spacial score (nSPS) is 19.8. The van der Waals surface area contributed by atoms with Gasteiger partial charge in [0.1, 0.15) is 0 Å². The topological polar surface area (TPSA) is 81.1 Å². The molecule has 4 heteroatoms. The van der Waals surface area contributed by atoms with Crippen LogP contribution in [0.1, 0.15) is 18.4 Å². The zero-order valence-electron chi connectivity index (χ0n) is 7.29. The monoisotopic (exact) mass is 177 g/mol. The number of nitrogens with two attached hydrogens (primary N) is 2. The molecule has 1 unspecified atom stereocenters. The second-order valence-corrected chi connectivity index (χ2v) is 3.28. The van der Waals surface area contributed by atoms with Crippen LogP contribution in [-0.4, -0.2) is 5.91 Å². The van der Waals surface area contributed by atoms with E-state index >= 15 is 0 Å². The van der Waals surface area contributed by atoms with Gasteiger partial charge in [-0.25, -0.2) is 0 Å².